The minimum Gasteiger partial charge on any atom is -0.493 e. The van der Waals surface area contributed by atoms with Gasteiger partial charge in [0.05, 0.1) is 19.9 Å². The Morgan fingerprint density at radius 1 is 0.925 bits per heavy atom. The van der Waals surface area contributed by atoms with Crippen molar-refractivity contribution in [2.75, 3.05) is 24.9 Å². The lowest BCUT2D eigenvalue weighted by molar-refractivity contribution is -0.131. The second-order valence-corrected chi connectivity index (χ2v) is 10.2. The highest BCUT2D eigenvalue weighted by Gasteiger charge is 2.23. The molecule has 204 valence electrons. The molecule has 11 heteroatoms. The lowest BCUT2D eigenvalue weighted by Gasteiger charge is -2.17. The number of thioether (sulfide) groups is 1. The maximum atomic E-state index is 13.5. The molecule has 0 aliphatic heterocycles. The molecule has 3 N–H and O–H groups in total. The summed E-state index contributed by atoms with van der Waals surface area (Å²) in [5, 5.41) is 16.0. The normalized spacial score (nSPS) is 11.6. The van der Waals surface area contributed by atoms with Gasteiger partial charge in [-0.2, -0.15) is 0 Å². The monoisotopic (exact) mass is 575 g/mol. The van der Waals surface area contributed by atoms with Crippen LogP contribution < -0.4 is 20.1 Å². The molecule has 1 heterocycles. The van der Waals surface area contributed by atoms with E-state index < -0.39 is 17.1 Å². The minimum atomic E-state index is -1.22. The molecule has 9 nitrogen and oxygen atoms in total. The summed E-state index contributed by atoms with van der Waals surface area (Å²) in [5.41, 5.74) is 2.77. The van der Waals surface area contributed by atoms with Crippen molar-refractivity contribution in [3.05, 3.63) is 95.9 Å². The van der Waals surface area contributed by atoms with E-state index in [2.05, 4.69) is 15.6 Å². The summed E-state index contributed by atoms with van der Waals surface area (Å²) < 4.78 is 10.7. The predicted octanol–water partition coefficient (Wildman–Crippen LogP) is 5.88. The highest BCUT2D eigenvalue weighted by Crippen LogP contribution is 2.38. The third-order valence-corrected chi connectivity index (χ3v) is 7.49. The molecule has 0 saturated heterocycles. The molecule has 3 aromatic carbocycles. The number of carbonyl (C=O) groups is 3. The number of amides is 2. The molecule has 40 heavy (non-hydrogen) atoms. The number of carboxylic acid groups (broad SMARTS) is 1. The zero-order valence-corrected chi connectivity index (χ0v) is 23.1. The summed E-state index contributed by atoms with van der Waals surface area (Å²) in [7, 11) is 3.14. The summed E-state index contributed by atoms with van der Waals surface area (Å²) in [6.45, 7) is 0. The molecular formula is C29H25N3O6S2. The van der Waals surface area contributed by atoms with Crippen molar-refractivity contribution in [2.45, 2.75) is 10.1 Å². The predicted molar refractivity (Wildman–Crippen MR) is 156 cm³/mol. The largest absolute Gasteiger partial charge is 0.493 e. The summed E-state index contributed by atoms with van der Waals surface area (Å²) in [6, 6.07) is 21.8. The van der Waals surface area contributed by atoms with E-state index in [1.165, 1.54) is 23.1 Å². The van der Waals surface area contributed by atoms with E-state index in [0.717, 1.165) is 28.2 Å². The van der Waals surface area contributed by atoms with Gasteiger partial charge in [-0.05, 0) is 42.0 Å². The molecule has 1 unspecified atom stereocenters. The van der Waals surface area contributed by atoms with Gasteiger partial charge in [0, 0.05) is 33.7 Å². The molecule has 0 aliphatic carbocycles. The smallest absolute Gasteiger partial charge is 0.328 e. The van der Waals surface area contributed by atoms with E-state index in [1.54, 1.807) is 38.5 Å². The number of hydrogen-bond donors (Lipinski definition) is 3. The van der Waals surface area contributed by atoms with E-state index in [0.29, 0.717) is 28.0 Å². The van der Waals surface area contributed by atoms with Crippen molar-refractivity contribution in [1.29, 1.82) is 0 Å². The first-order chi connectivity index (χ1) is 19.4. The highest BCUT2D eigenvalue weighted by molar-refractivity contribution is 8.00. The summed E-state index contributed by atoms with van der Waals surface area (Å²) >= 11 is 2.62. The van der Waals surface area contributed by atoms with E-state index in [9.17, 15) is 14.4 Å². The number of carboxylic acids is 1. The van der Waals surface area contributed by atoms with Crippen molar-refractivity contribution < 1.29 is 29.0 Å². The third-order valence-electron chi connectivity index (χ3n) is 5.49. The van der Waals surface area contributed by atoms with E-state index in [4.69, 9.17) is 14.6 Å². The van der Waals surface area contributed by atoms with Gasteiger partial charge in [0.2, 0.25) is 11.8 Å². The van der Waals surface area contributed by atoms with Crippen LogP contribution in [0.25, 0.3) is 11.3 Å². The van der Waals surface area contributed by atoms with E-state index in [1.807, 2.05) is 53.9 Å². The Hall–Kier alpha value is -4.61. The third kappa shape index (κ3) is 7.49. The lowest BCUT2D eigenvalue weighted by Crippen LogP contribution is -2.19. The van der Waals surface area contributed by atoms with Crippen LogP contribution in [0.2, 0.25) is 0 Å². The molecule has 4 rings (SSSR count). The molecule has 0 saturated carbocycles. The summed E-state index contributed by atoms with van der Waals surface area (Å²) in [6.07, 6.45) is 1.70. The molecule has 0 fully saturated rings. The highest BCUT2D eigenvalue weighted by atomic mass is 32.2. The minimum absolute atomic E-state index is 0.261. The van der Waals surface area contributed by atoms with Gasteiger partial charge in [-0.15, -0.1) is 23.1 Å². The van der Waals surface area contributed by atoms with Gasteiger partial charge >= 0.3 is 5.97 Å². The first kappa shape index (κ1) is 28.4. The van der Waals surface area contributed by atoms with Gasteiger partial charge in [0.15, 0.2) is 16.6 Å². The number of ether oxygens (including phenoxy) is 2. The first-order valence-electron chi connectivity index (χ1n) is 11.9. The van der Waals surface area contributed by atoms with Crippen LogP contribution in [-0.4, -0.2) is 42.1 Å². The maximum absolute atomic E-state index is 13.5. The zero-order valence-electron chi connectivity index (χ0n) is 21.5. The molecule has 0 bridgehead atoms. The second kappa shape index (κ2) is 13.5. The summed E-state index contributed by atoms with van der Waals surface area (Å²) in [4.78, 5) is 41.5. The van der Waals surface area contributed by atoms with Crippen molar-refractivity contribution >= 4 is 51.7 Å². The number of methoxy groups -OCH3 is 2. The topological polar surface area (TPSA) is 127 Å². The van der Waals surface area contributed by atoms with Gasteiger partial charge in [-0.25, -0.2) is 9.78 Å². The van der Waals surface area contributed by atoms with Crippen LogP contribution in [0.1, 0.15) is 10.8 Å². The number of carbonyl (C=O) groups excluding carboxylic acids is 2. The summed E-state index contributed by atoms with van der Waals surface area (Å²) in [5.74, 6) is -0.861. The fourth-order valence-corrected chi connectivity index (χ4v) is 5.45. The Morgan fingerprint density at radius 3 is 2.42 bits per heavy atom. The number of aromatic nitrogens is 1. The fourth-order valence-electron chi connectivity index (χ4n) is 3.65. The number of nitrogens with one attached hydrogen (secondary N) is 2. The van der Waals surface area contributed by atoms with Crippen LogP contribution in [0.4, 0.5) is 10.8 Å². The first-order valence-corrected chi connectivity index (χ1v) is 13.6. The molecule has 2 amide bonds. The Labute approximate surface area is 238 Å². The standard InChI is InChI=1S/C29H25N3O6S2/c1-37-23-12-11-19(15-24(23)38-2)22-17-39-29(31-22)32-28(36)27(18-7-4-3-5-8-18)40-21-10-6-9-20(16-21)30-25(33)13-14-26(34)35/h3-17,27H,1-2H3,(H,30,33)(H,34,35)(H,31,32,36)/b14-13+. The SMILES string of the molecule is COc1ccc(-c2csc(NC(=O)C(Sc3cccc(NC(=O)/C=C/C(=O)O)c3)c3ccccc3)n2)cc1OC. The van der Waals surface area contributed by atoms with E-state index in [-0.39, 0.29) is 5.91 Å². The van der Waals surface area contributed by atoms with Crippen molar-refractivity contribution in [3.63, 3.8) is 0 Å². The maximum Gasteiger partial charge on any atom is 0.328 e. The van der Waals surface area contributed by atoms with Gasteiger partial charge in [-0.1, -0.05) is 36.4 Å². The number of anilines is 2. The molecule has 1 aromatic heterocycles. The molecule has 0 radical (unpaired) electrons. The van der Waals surface area contributed by atoms with Gasteiger partial charge in [0.25, 0.3) is 0 Å². The number of thiazole rings is 1. The van der Waals surface area contributed by atoms with Crippen molar-refractivity contribution in [3.8, 4) is 22.8 Å². The Kier molecular flexibility index (Phi) is 9.55. The molecule has 0 spiro atoms. The second-order valence-electron chi connectivity index (χ2n) is 8.19. The zero-order chi connectivity index (χ0) is 28.5. The fraction of sp³-hybridized carbons (Fsp3) is 0.103. The number of rotatable bonds is 11. The van der Waals surface area contributed by atoms with Gasteiger partial charge in [-0.3, -0.25) is 9.59 Å². The van der Waals surface area contributed by atoms with Crippen LogP contribution in [0.5, 0.6) is 11.5 Å². The molecular weight excluding hydrogens is 550 g/mol. The molecule has 4 aromatic rings. The van der Waals surface area contributed by atoms with Crippen molar-refractivity contribution in [1.82, 2.24) is 4.98 Å². The average Bonchev–Trinajstić information content (AvgIpc) is 3.43. The Balaban J connectivity index is 1.52. The lowest BCUT2D eigenvalue weighted by atomic mass is 10.1. The van der Waals surface area contributed by atoms with Crippen LogP contribution in [0, 0.1) is 0 Å². The van der Waals surface area contributed by atoms with Crippen LogP contribution in [-0.2, 0) is 14.4 Å². The van der Waals surface area contributed by atoms with Crippen LogP contribution in [0.3, 0.4) is 0 Å². The van der Waals surface area contributed by atoms with Gasteiger partial charge < -0.3 is 25.2 Å². The van der Waals surface area contributed by atoms with E-state index >= 15 is 0 Å². The Bertz CT molecular complexity index is 1540. The number of aliphatic carboxylic acids is 1. The van der Waals surface area contributed by atoms with Crippen LogP contribution in [0.15, 0.2) is 95.2 Å². The Morgan fingerprint density at radius 2 is 1.70 bits per heavy atom. The number of hydrogen-bond acceptors (Lipinski definition) is 8. The van der Waals surface area contributed by atoms with Crippen LogP contribution >= 0.6 is 23.1 Å². The van der Waals surface area contributed by atoms with Crippen molar-refractivity contribution in [2.24, 2.45) is 0 Å². The quantitative estimate of drug-likeness (QED) is 0.150. The average molecular weight is 576 g/mol. The molecule has 1 atom stereocenters. The molecule has 0 aliphatic rings. The van der Waals surface area contributed by atoms with Gasteiger partial charge in [0.1, 0.15) is 5.25 Å². The number of nitrogens with zero attached hydrogens (tertiary/aromatic N) is 1. The number of benzene rings is 3.